The third-order valence-corrected chi connectivity index (χ3v) is 5.48. The van der Waals surface area contributed by atoms with Crippen molar-refractivity contribution in [2.75, 3.05) is 0 Å². The van der Waals surface area contributed by atoms with Crippen molar-refractivity contribution in [1.82, 2.24) is 4.90 Å². The summed E-state index contributed by atoms with van der Waals surface area (Å²) in [4.78, 5) is 2.46. The Labute approximate surface area is 154 Å². The lowest BCUT2D eigenvalue weighted by molar-refractivity contribution is 0.348. The smallest absolute Gasteiger partial charge is 0.0737 e. The molecule has 2 heterocycles. The second kappa shape index (κ2) is 6.03. The molecule has 5 rings (SSSR count). The monoisotopic (exact) mass is 335 g/mol. The van der Waals surface area contributed by atoms with Crippen molar-refractivity contribution in [3.05, 3.63) is 113 Å². The van der Waals surface area contributed by atoms with Crippen LogP contribution in [0.15, 0.2) is 96.7 Å². The molecule has 1 heteroatoms. The summed E-state index contributed by atoms with van der Waals surface area (Å²) in [5.41, 5.74) is 9.44. The number of fused-ring (bicyclic) bond motifs is 3. The number of nitrogens with zero attached hydrogens (tertiary/aromatic N) is 1. The third-order valence-electron chi connectivity index (χ3n) is 5.48. The Kier molecular flexibility index (Phi) is 3.53. The molecule has 0 radical (unpaired) electrons. The molecule has 3 aromatic carbocycles. The SMILES string of the molecule is CC1=CN2Cc3ccc(-c4ccccc4)cc3C2C=C1c1ccccc1. The quantitative estimate of drug-likeness (QED) is 0.538. The Morgan fingerprint density at radius 1 is 0.769 bits per heavy atom. The van der Waals surface area contributed by atoms with Crippen LogP contribution >= 0.6 is 0 Å². The Morgan fingerprint density at radius 2 is 1.46 bits per heavy atom. The van der Waals surface area contributed by atoms with Gasteiger partial charge in [-0.05, 0) is 58.0 Å². The topological polar surface area (TPSA) is 3.24 Å². The lowest BCUT2D eigenvalue weighted by Crippen LogP contribution is -2.18. The highest BCUT2D eigenvalue weighted by atomic mass is 15.2. The molecule has 0 spiro atoms. The summed E-state index contributed by atoms with van der Waals surface area (Å²) in [6.45, 7) is 3.21. The van der Waals surface area contributed by atoms with Gasteiger partial charge in [-0.25, -0.2) is 0 Å². The first-order chi connectivity index (χ1) is 12.8. The average molecular weight is 335 g/mol. The highest BCUT2D eigenvalue weighted by molar-refractivity contribution is 5.80. The molecule has 26 heavy (non-hydrogen) atoms. The van der Waals surface area contributed by atoms with Crippen LogP contribution in [0.3, 0.4) is 0 Å². The fourth-order valence-corrected chi connectivity index (χ4v) is 4.16. The Bertz CT molecular complexity index is 1010. The zero-order chi connectivity index (χ0) is 17.5. The van der Waals surface area contributed by atoms with Crippen molar-refractivity contribution >= 4 is 5.57 Å². The second-order valence-corrected chi connectivity index (χ2v) is 7.16. The summed E-state index contributed by atoms with van der Waals surface area (Å²) < 4.78 is 0. The van der Waals surface area contributed by atoms with Crippen LogP contribution in [0.4, 0.5) is 0 Å². The molecule has 0 fully saturated rings. The number of rotatable bonds is 2. The average Bonchev–Trinajstić information content (AvgIpc) is 3.05. The molecule has 1 unspecified atom stereocenters. The van der Waals surface area contributed by atoms with Gasteiger partial charge in [0.1, 0.15) is 0 Å². The van der Waals surface area contributed by atoms with Crippen LogP contribution in [0.1, 0.15) is 29.7 Å². The summed E-state index contributed by atoms with van der Waals surface area (Å²) in [5.74, 6) is 0. The summed E-state index contributed by atoms with van der Waals surface area (Å²) >= 11 is 0. The Hall–Kier alpha value is -3.06. The van der Waals surface area contributed by atoms with Crippen LogP contribution in [0, 0.1) is 0 Å². The van der Waals surface area contributed by atoms with E-state index < -0.39 is 0 Å². The van der Waals surface area contributed by atoms with Crippen LogP contribution in [0.2, 0.25) is 0 Å². The lowest BCUT2D eigenvalue weighted by Gasteiger charge is -2.28. The van der Waals surface area contributed by atoms with Crippen molar-refractivity contribution in [3.8, 4) is 11.1 Å². The molecule has 0 saturated heterocycles. The highest BCUT2D eigenvalue weighted by Gasteiger charge is 2.30. The van der Waals surface area contributed by atoms with Gasteiger partial charge in [-0.3, -0.25) is 0 Å². The molecule has 0 N–H and O–H groups in total. The number of benzene rings is 3. The van der Waals surface area contributed by atoms with E-state index in [4.69, 9.17) is 0 Å². The Balaban J connectivity index is 1.59. The van der Waals surface area contributed by atoms with Gasteiger partial charge in [-0.1, -0.05) is 72.8 Å². The van der Waals surface area contributed by atoms with Crippen LogP contribution < -0.4 is 0 Å². The van der Waals surface area contributed by atoms with Crippen molar-refractivity contribution in [1.29, 1.82) is 0 Å². The zero-order valence-electron chi connectivity index (χ0n) is 14.9. The van der Waals surface area contributed by atoms with Crippen molar-refractivity contribution < 1.29 is 0 Å². The molecular weight excluding hydrogens is 314 g/mol. The van der Waals surface area contributed by atoms with Crippen molar-refractivity contribution in [3.63, 3.8) is 0 Å². The van der Waals surface area contributed by atoms with Gasteiger partial charge < -0.3 is 4.90 Å². The number of hydrogen-bond acceptors (Lipinski definition) is 1. The van der Waals surface area contributed by atoms with Gasteiger partial charge in [0.15, 0.2) is 0 Å². The van der Waals surface area contributed by atoms with Crippen LogP contribution in [0.5, 0.6) is 0 Å². The molecule has 0 bridgehead atoms. The van der Waals surface area contributed by atoms with Gasteiger partial charge in [-0.2, -0.15) is 0 Å². The fourth-order valence-electron chi connectivity index (χ4n) is 4.16. The minimum Gasteiger partial charge on any atom is -0.362 e. The summed E-state index contributed by atoms with van der Waals surface area (Å²) in [7, 11) is 0. The molecular formula is C25H21N. The minimum atomic E-state index is 0.326. The van der Waals surface area contributed by atoms with Crippen molar-refractivity contribution in [2.45, 2.75) is 19.5 Å². The molecule has 2 aliphatic heterocycles. The van der Waals surface area contributed by atoms with Gasteiger partial charge in [0.25, 0.3) is 0 Å². The van der Waals surface area contributed by atoms with E-state index in [1.54, 1.807) is 0 Å². The first kappa shape index (κ1) is 15.2. The molecule has 0 saturated carbocycles. The summed E-state index contributed by atoms with van der Waals surface area (Å²) in [6, 6.07) is 28.6. The fraction of sp³-hybridized carbons (Fsp3) is 0.120. The normalized spacial score (nSPS) is 18.0. The molecule has 1 nitrogen and oxygen atoms in total. The predicted octanol–water partition coefficient (Wildman–Crippen LogP) is 6.21. The van der Waals surface area contributed by atoms with E-state index in [-0.39, 0.29) is 0 Å². The third kappa shape index (κ3) is 2.48. The summed E-state index contributed by atoms with van der Waals surface area (Å²) in [5, 5.41) is 0. The van der Waals surface area contributed by atoms with E-state index in [0.717, 1.165) is 6.54 Å². The van der Waals surface area contributed by atoms with Crippen molar-refractivity contribution in [2.24, 2.45) is 0 Å². The minimum absolute atomic E-state index is 0.326. The maximum Gasteiger partial charge on any atom is 0.0737 e. The van der Waals surface area contributed by atoms with Crippen LogP contribution in [0.25, 0.3) is 16.7 Å². The van der Waals surface area contributed by atoms with Gasteiger partial charge in [0, 0.05) is 12.7 Å². The molecule has 2 aliphatic rings. The maximum atomic E-state index is 2.46. The standard InChI is InChI=1S/C25H21N/c1-18-16-26-17-22-13-12-21(19-8-4-2-5-9-19)14-24(22)25(26)15-23(18)20-10-6-3-7-11-20/h2-16,25H,17H2,1H3. The molecule has 3 aromatic rings. The second-order valence-electron chi connectivity index (χ2n) is 7.16. The highest BCUT2D eigenvalue weighted by Crippen LogP contribution is 2.43. The van der Waals surface area contributed by atoms with E-state index in [2.05, 4.69) is 103 Å². The number of allylic oxidation sites excluding steroid dienone is 2. The first-order valence-electron chi connectivity index (χ1n) is 9.19. The number of hydrogen-bond donors (Lipinski definition) is 0. The molecule has 1 atom stereocenters. The first-order valence-corrected chi connectivity index (χ1v) is 9.19. The largest absolute Gasteiger partial charge is 0.362 e. The predicted molar refractivity (Wildman–Crippen MR) is 108 cm³/mol. The van der Waals surface area contributed by atoms with E-state index in [9.17, 15) is 0 Å². The maximum absolute atomic E-state index is 2.46. The van der Waals surface area contributed by atoms with Gasteiger partial charge in [0.2, 0.25) is 0 Å². The van der Waals surface area contributed by atoms with Crippen LogP contribution in [-0.2, 0) is 6.54 Å². The van der Waals surface area contributed by atoms with Gasteiger partial charge in [0.05, 0.1) is 6.04 Å². The lowest BCUT2D eigenvalue weighted by atomic mass is 9.91. The van der Waals surface area contributed by atoms with E-state index >= 15 is 0 Å². The van der Waals surface area contributed by atoms with E-state index in [0.29, 0.717) is 6.04 Å². The van der Waals surface area contributed by atoms with Gasteiger partial charge in [-0.15, -0.1) is 0 Å². The molecule has 126 valence electrons. The summed E-state index contributed by atoms with van der Waals surface area (Å²) in [6.07, 6.45) is 4.76. The molecule has 0 aromatic heterocycles. The zero-order valence-corrected chi connectivity index (χ0v) is 14.9. The molecule has 0 aliphatic carbocycles. The van der Waals surface area contributed by atoms with Crippen LogP contribution in [-0.4, -0.2) is 4.90 Å². The van der Waals surface area contributed by atoms with Gasteiger partial charge >= 0.3 is 0 Å². The van der Waals surface area contributed by atoms with E-state index in [1.165, 1.54) is 39.0 Å². The Morgan fingerprint density at radius 3 is 2.19 bits per heavy atom. The molecule has 0 amide bonds. The van der Waals surface area contributed by atoms with E-state index in [1.807, 2.05) is 0 Å².